The number of nitrogens with one attached hydrogen (secondary N) is 1. The maximum atomic E-state index is 5.78. The van der Waals surface area contributed by atoms with Gasteiger partial charge in [0.05, 0.1) is 6.61 Å². The van der Waals surface area contributed by atoms with Crippen LogP contribution in [0.4, 0.5) is 0 Å². The van der Waals surface area contributed by atoms with Crippen LogP contribution in [0.1, 0.15) is 16.7 Å². The first-order chi connectivity index (χ1) is 9.31. The van der Waals surface area contributed by atoms with Crippen molar-refractivity contribution in [1.29, 1.82) is 0 Å². The Morgan fingerprint density at radius 2 is 1.79 bits per heavy atom. The highest BCUT2D eigenvalue weighted by Crippen LogP contribution is 2.22. The van der Waals surface area contributed by atoms with Crippen LogP contribution in [0.5, 0.6) is 11.5 Å². The van der Waals surface area contributed by atoms with Gasteiger partial charge in [-0.1, -0.05) is 6.07 Å². The number of benzene rings is 1. The van der Waals surface area contributed by atoms with Gasteiger partial charge in [-0.3, -0.25) is 0 Å². The first-order valence-corrected chi connectivity index (χ1v) is 7.21. The zero-order chi connectivity index (χ0) is 13.5. The van der Waals surface area contributed by atoms with E-state index in [0.29, 0.717) is 13.2 Å². The zero-order valence-corrected chi connectivity index (χ0v) is 12.1. The summed E-state index contributed by atoms with van der Waals surface area (Å²) in [6, 6.07) is 12.0. The normalized spacial score (nSPS) is 10.4. The van der Waals surface area contributed by atoms with E-state index in [-0.39, 0.29) is 0 Å². The fraction of sp³-hybridized carbons (Fsp3) is 0.333. The smallest absolute Gasteiger partial charge is 0.123 e. The molecule has 1 aromatic carbocycles. The van der Waals surface area contributed by atoms with Gasteiger partial charge >= 0.3 is 0 Å². The fourth-order valence-corrected chi connectivity index (χ4v) is 2.69. The van der Waals surface area contributed by atoms with Crippen LogP contribution >= 0.6 is 11.3 Å². The van der Waals surface area contributed by atoms with Crippen LogP contribution in [0.15, 0.2) is 36.4 Å². The molecule has 1 heterocycles. The highest BCUT2D eigenvalue weighted by molar-refractivity contribution is 7.11. The van der Waals surface area contributed by atoms with Gasteiger partial charge in [-0.15, -0.1) is 11.3 Å². The molecule has 0 saturated carbocycles. The number of thiophene rings is 1. The fourth-order valence-electron chi connectivity index (χ4n) is 1.74. The standard InChI is InChI=1S/C15H19NO2S/c1-3-17-12-5-4-6-13(9-12)18-11-15-8-7-14(19-15)10-16-2/h4-9,16H,3,10-11H2,1-2H3. The lowest BCUT2D eigenvalue weighted by Crippen LogP contribution is -2.02. The van der Waals surface area contributed by atoms with Crippen LogP contribution in [0.25, 0.3) is 0 Å². The van der Waals surface area contributed by atoms with Crippen LogP contribution in [0.3, 0.4) is 0 Å². The molecule has 0 spiro atoms. The van der Waals surface area contributed by atoms with E-state index >= 15 is 0 Å². The molecular weight excluding hydrogens is 258 g/mol. The molecule has 0 aliphatic rings. The molecule has 0 aliphatic carbocycles. The molecule has 0 saturated heterocycles. The lowest BCUT2D eigenvalue weighted by Gasteiger charge is -2.07. The summed E-state index contributed by atoms with van der Waals surface area (Å²) in [6.45, 7) is 4.15. The zero-order valence-electron chi connectivity index (χ0n) is 11.3. The van der Waals surface area contributed by atoms with Gasteiger partial charge in [0.1, 0.15) is 18.1 Å². The highest BCUT2D eigenvalue weighted by atomic mass is 32.1. The van der Waals surface area contributed by atoms with Crippen molar-refractivity contribution in [2.45, 2.75) is 20.1 Å². The van der Waals surface area contributed by atoms with E-state index in [0.717, 1.165) is 18.0 Å². The summed E-state index contributed by atoms with van der Waals surface area (Å²) in [6.07, 6.45) is 0. The van der Waals surface area contributed by atoms with Crippen LogP contribution in [0, 0.1) is 0 Å². The molecule has 0 amide bonds. The molecule has 2 aromatic rings. The predicted octanol–water partition coefficient (Wildman–Crippen LogP) is 3.45. The Morgan fingerprint density at radius 3 is 2.53 bits per heavy atom. The minimum atomic E-state index is 0.601. The van der Waals surface area contributed by atoms with Gasteiger partial charge in [0.2, 0.25) is 0 Å². The van der Waals surface area contributed by atoms with E-state index in [1.165, 1.54) is 9.75 Å². The van der Waals surface area contributed by atoms with Gasteiger partial charge in [-0.05, 0) is 38.2 Å². The summed E-state index contributed by atoms with van der Waals surface area (Å²) in [5.41, 5.74) is 0. The molecule has 0 bridgehead atoms. The Morgan fingerprint density at radius 1 is 1.05 bits per heavy atom. The molecular formula is C15H19NO2S. The van der Waals surface area contributed by atoms with Gasteiger partial charge in [0, 0.05) is 22.4 Å². The first-order valence-electron chi connectivity index (χ1n) is 6.39. The molecule has 0 fully saturated rings. The summed E-state index contributed by atoms with van der Waals surface area (Å²) >= 11 is 1.77. The number of rotatable bonds is 7. The Balaban J connectivity index is 1.91. The predicted molar refractivity (Wildman–Crippen MR) is 79.0 cm³/mol. The molecule has 19 heavy (non-hydrogen) atoms. The number of hydrogen-bond acceptors (Lipinski definition) is 4. The molecule has 1 N–H and O–H groups in total. The number of ether oxygens (including phenoxy) is 2. The van der Waals surface area contributed by atoms with Crippen molar-refractivity contribution in [2.75, 3.05) is 13.7 Å². The van der Waals surface area contributed by atoms with Crippen molar-refractivity contribution in [1.82, 2.24) is 5.32 Å². The van der Waals surface area contributed by atoms with Crippen LogP contribution in [-0.4, -0.2) is 13.7 Å². The van der Waals surface area contributed by atoms with Gasteiger partial charge in [-0.2, -0.15) is 0 Å². The lowest BCUT2D eigenvalue weighted by atomic mass is 10.3. The molecule has 0 atom stereocenters. The van der Waals surface area contributed by atoms with Crippen LogP contribution in [-0.2, 0) is 13.2 Å². The molecule has 0 aliphatic heterocycles. The molecule has 1 aromatic heterocycles. The SMILES string of the molecule is CCOc1cccc(OCc2ccc(CNC)s2)c1. The summed E-state index contributed by atoms with van der Waals surface area (Å²) in [4.78, 5) is 2.55. The van der Waals surface area contributed by atoms with Crippen molar-refractivity contribution in [3.63, 3.8) is 0 Å². The Hall–Kier alpha value is -1.52. The van der Waals surface area contributed by atoms with Gasteiger partial charge in [0.25, 0.3) is 0 Å². The second kappa shape index (κ2) is 7.16. The van der Waals surface area contributed by atoms with Gasteiger partial charge in [0.15, 0.2) is 0 Å². The molecule has 2 rings (SSSR count). The summed E-state index contributed by atoms with van der Waals surface area (Å²) < 4.78 is 11.2. The van der Waals surface area contributed by atoms with Crippen molar-refractivity contribution >= 4 is 11.3 Å². The monoisotopic (exact) mass is 277 g/mol. The second-order valence-corrected chi connectivity index (χ2v) is 5.35. The van der Waals surface area contributed by atoms with Gasteiger partial charge in [-0.25, -0.2) is 0 Å². The lowest BCUT2D eigenvalue weighted by molar-refractivity contribution is 0.302. The van der Waals surface area contributed by atoms with E-state index in [1.807, 2.05) is 38.2 Å². The average molecular weight is 277 g/mol. The molecule has 0 radical (unpaired) electrons. The summed E-state index contributed by atoms with van der Waals surface area (Å²) in [5.74, 6) is 1.69. The number of hydrogen-bond donors (Lipinski definition) is 1. The molecule has 4 heteroatoms. The van der Waals surface area contributed by atoms with Gasteiger partial charge < -0.3 is 14.8 Å². The maximum Gasteiger partial charge on any atom is 0.123 e. The van der Waals surface area contributed by atoms with Crippen molar-refractivity contribution in [2.24, 2.45) is 0 Å². The van der Waals surface area contributed by atoms with E-state index in [4.69, 9.17) is 9.47 Å². The largest absolute Gasteiger partial charge is 0.494 e. The Bertz CT molecular complexity index is 510. The minimum Gasteiger partial charge on any atom is -0.494 e. The topological polar surface area (TPSA) is 30.5 Å². The quantitative estimate of drug-likeness (QED) is 0.841. The van der Waals surface area contributed by atoms with Crippen molar-refractivity contribution < 1.29 is 9.47 Å². The van der Waals surface area contributed by atoms with Crippen LogP contribution < -0.4 is 14.8 Å². The van der Waals surface area contributed by atoms with E-state index in [1.54, 1.807) is 11.3 Å². The Labute approximate surface area is 118 Å². The average Bonchev–Trinajstić information content (AvgIpc) is 2.86. The molecule has 0 unspecified atom stereocenters. The summed E-state index contributed by atoms with van der Waals surface area (Å²) in [7, 11) is 1.95. The van der Waals surface area contributed by atoms with Crippen molar-refractivity contribution in [3.05, 3.63) is 46.2 Å². The second-order valence-electron chi connectivity index (χ2n) is 4.09. The maximum absolute atomic E-state index is 5.78. The van der Waals surface area contributed by atoms with E-state index in [2.05, 4.69) is 17.4 Å². The highest BCUT2D eigenvalue weighted by Gasteiger charge is 2.02. The third kappa shape index (κ3) is 4.26. The first kappa shape index (κ1) is 13.9. The van der Waals surface area contributed by atoms with E-state index < -0.39 is 0 Å². The summed E-state index contributed by atoms with van der Waals surface area (Å²) in [5, 5.41) is 3.15. The van der Waals surface area contributed by atoms with E-state index in [9.17, 15) is 0 Å². The minimum absolute atomic E-state index is 0.601. The Kier molecular flexibility index (Phi) is 5.24. The molecule has 3 nitrogen and oxygen atoms in total. The third-order valence-corrected chi connectivity index (χ3v) is 3.62. The molecule has 102 valence electrons. The van der Waals surface area contributed by atoms with Crippen molar-refractivity contribution in [3.8, 4) is 11.5 Å². The van der Waals surface area contributed by atoms with Crippen LogP contribution in [0.2, 0.25) is 0 Å². The third-order valence-electron chi connectivity index (χ3n) is 2.57.